The molecule has 37 heavy (non-hydrogen) atoms. The van der Waals surface area contributed by atoms with E-state index in [4.69, 9.17) is 0 Å². The molecule has 1 saturated carbocycles. The van der Waals surface area contributed by atoms with Crippen LogP contribution < -0.4 is 10.6 Å². The number of Topliss-reactive ketones (excluding diaryl/α,β-unsaturated/α-hetero) is 1. The number of anilines is 2. The van der Waals surface area contributed by atoms with Crippen molar-refractivity contribution in [3.63, 3.8) is 0 Å². The molecule has 0 radical (unpaired) electrons. The average Bonchev–Trinajstić information content (AvgIpc) is 3.64. The molecule has 0 amide bonds. The Kier molecular flexibility index (Phi) is 5.48. The lowest BCUT2D eigenvalue weighted by Crippen LogP contribution is -2.17. The summed E-state index contributed by atoms with van der Waals surface area (Å²) < 4.78 is 16.4. The first kappa shape index (κ1) is 22.5. The predicted molar refractivity (Wildman–Crippen MR) is 147 cm³/mol. The molecule has 7 heteroatoms. The van der Waals surface area contributed by atoms with E-state index >= 15 is 4.39 Å². The van der Waals surface area contributed by atoms with Crippen molar-refractivity contribution in [1.82, 2.24) is 15.3 Å². The third-order valence-corrected chi connectivity index (χ3v) is 8.75. The molecular formula is C30H25FN4OS. The highest BCUT2D eigenvalue weighted by Gasteiger charge is 2.40. The number of hydrogen-bond acceptors (Lipinski definition) is 6. The van der Waals surface area contributed by atoms with Gasteiger partial charge in [0.15, 0.2) is 5.78 Å². The number of carbonyl (C=O) groups is 1. The summed E-state index contributed by atoms with van der Waals surface area (Å²) in [6.07, 6.45) is 3.56. The summed E-state index contributed by atoms with van der Waals surface area (Å²) in [5, 5.41) is 7.82. The largest absolute Gasteiger partial charge is 0.355 e. The van der Waals surface area contributed by atoms with E-state index in [2.05, 4.69) is 26.7 Å². The van der Waals surface area contributed by atoms with Crippen molar-refractivity contribution in [2.45, 2.75) is 12.8 Å². The van der Waals surface area contributed by atoms with E-state index in [0.717, 1.165) is 64.0 Å². The summed E-state index contributed by atoms with van der Waals surface area (Å²) in [6.45, 7) is 1.99. The first-order valence-electron chi connectivity index (χ1n) is 12.7. The molecule has 2 N–H and O–H groups in total. The van der Waals surface area contributed by atoms with Crippen LogP contribution in [0.15, 0.2) is 72.4 Å². The van der Waals surface area contributed by atoms with Crippen LogP contribution in [0.1, 0.15) is 23.2 Å². The molecule has 1 saturated heterocycles. The zero-order valence-electron chi connectivity index (χ0n) is 20.1. The van der Waals surface area contributed by atoms with Gasteiger partial charge in [-0.3, -0.25) is 9.78 Å². The van der Waals surface area contributed by atoms with E-state index in [1.807, 2.05) is 41.9 Å². The Bertz CT molecular complexity index is 1650. The Balaban J connectivity index is 1.15. The van der Waals surface area contributed by atoms with Crippen molar-refractivity contribution < 1.29 is 9.18 Å². The molecule has 3 heterocycles. The van der Waals surface area contributed by atoms with Gasteiger partial charge in [0.2, 0.25) is 0 Å². The molecule has 2 unspecified atom stereocenters. The fourth-order valence-electron chi connectivity index (χ4n) is 6.03. The van der Waals surface area contributed by atoms with Crippen LogP contribution in [0.3, 0.4) is 0 Å². The SMILES string of the molecule is O=C(c1ccc(-c2ccc3c(Nc4ccc5scnc5c4)ccnc3c2)c(F)c1)C1CC2CNCC2C1. The highest BCUT2D eigenvalue weighted by molar-refractivity contribution is 7.16. The van der Waals surface area contributed by atoms with E-state index in [1.165, 1.54) is 6.07 Å². The summed E-state index contributed by atoms with van der Waals surface area (Å²) >= 11 is 1.62. The molecule has 5 nitrogen and oxygen atoms in total. The van der Waals surface area contributed by atoms with Gasteiger partial charge in [-0.25, -0.2) is 9.37 Å². The molecule has 184 valence electrons. The molecule has 2 fully saturated rings. The van der Waals surface area contributed by atoms with Crippen molar-refractivity contribution in [1.29, 1.82) is 0 Å². The molecule has 2 aromatic heterocycles. The number of pyridine rings is 1. The molecule has 1 aliphatic carbocycles. The maximum atomic E-state index is 15.3. The van der Waals surface area contributed by atoms with E-state index in [1.54, 1.807) is 29.7 Å². The smallest absolute Gasteiger partial charge is 0.166 e. The molecule has 0 bridgehead atoms. The number of carbonyl (C=O) groups excluding carboxylic acids is 1. The fraction of sp³-hybridized carbons (Fsp3) is 0.233. The minimum atomic E-state index is -0.379. The van der Waals surface area contributed by atoms with Gasteiger partial charge in [0.25, 0.3) is 0 Å². The van der Waals surface area contributed by atoms with Crippen LogP contribution >= 0.6 is 11.3 Å². The fourth-order valence-corrected chi connectivity index (χ4v) is 6.69. The van der Waals surface area contributed by atoms with Gasteiger partial charge in [-0.15, -0.1) is 11.3 Å². The van der Waals surface area contributed by atoms with Gasteiger partial charge >= 0.3 is 0 Å². The van der Waals surface area contributed by atoms with Gasteiger partial charge in [-0.1, -0.05) is 24.3 Å². The minimum Gasteiger partial charge on any atom is -0.355 e. The lowest BCUT2D eigenvalue weighted by molar-refractivity contribution is 0.0917. The summed E-state index contributed by atoms with van der Waals surface area (Å²) in [5.74, 6) is 0.868. The van der Waals surface area contributed by atoms with Gasteiger partial charge in [0.05, 0.1) is 21.2 Å². The van der Waals surface area contributed by atoms with E-state index in [9.17, 15) is 4.79 Å². The van der Waals surface area contributed by atoms with Crippen molar-refractivity contribution in [3.8, 4) is 11.1 Å². The molecule has 2 aliphatic rings. The predicted octanol–water partition coefficient (Wildman–Crippen LogP) is 6.82. The second-order valence-electron chi connectivity index (χ2n) is 10.2. The summed E-state index contributed by atoms with van der Waals surface area (Å²) in [4.78, 5) is 22.0. The number of thiazole rings is 1. The number of halogens is 1. The van der Waals surface area contributed by atoms with Crippen molar-refractivity contribution in [2.75, 3.05) is 18.4 Å². The lowest BCUT2D eigenvalue weighted by atomic mass is 9.93. The molecular weight excluding hydrogens is 483 g/mol. The van der Waals surface area contributed by atoms with Crippen LogP contribution in [-0.4, -0.2) is 28.8 Å². The topological polar surface area (TPSA) is 66.9 Å². The maximum absolute atomic E-state index is 15.3. The summed E-state index contributed by atoms with van der Waals surface area (Å²) in [5.41, 5.74) is 7.12. The van der Waals surface area contributed by atoms with Crippen LogP contribution in [0.2, 0.25) is 0 Å². The Morgan fingerprint density at radius 1 is 0.946 bits per heavy atom. The summed E-state index contributed by atoms with van der Waals surface area (Å²) in [7, 11) is 0. The van der Waals surface area contributed by atoms with Gasteiger partial charge in [0, 0.05) is 40.0 Å². The number of aromatic nitrogens is 2. The van der Waals surface area contributed by atoms with Crippen LogP contribution in [0.25, 0.3) is 32.2 Å². The average molecular weight is 509 g/mol. The second-order valence-corrected chi connectivity index (χ2v) is 11.0. The Morgan fingerprint density at radius 2 is 1.81 bits per heavy atom. The zero-order valence-corrected chi connectivity index (χ0v) is 20.9. The van der Waals surface area contributed by atoms with Crippen LogP contribution in [0.4, 0.5) is 15.8 Å². The molecule has 2 atom stereocenters. The molecule has 3 aromatic carbocycles. The minimum absolute atomic E-state index is 0.00868. The van der Waals surface area contributed by atoms with Gasteiger partial charge < -0.3 is 10.6 Å². The van der Waals surface area contributed by atoms with E-state index < -0.39 is 0 Å². The van der Waals surface area contributed by atoms with Gasteiger partial charge in [-0.05, 0) is 79.7 Å². The standard InChI is InChI=1S/C30H25FN4OS/c31-25-11-18(30(36)19-9-20-14-32-15-21(20)10-19)2-4-23(25)17-1-5-24-26(7-8-33-27(24)12-17)35-22-3-6-29-28(13-22)34-16-37-29/h1-8,11-13,16,19-21,32H,9-10,14-15H2,(H,33,35). The number of fused-ring (bicyclic) bond motifs is 3. The van der Waals surface area contributed by atoms with Crippen LogP contribution in [0.5, 0.6) is 0 Å². The highest BCUT2D eigenvalue weighted by atomic mass is 32.1. The number of rotatable bonds is 5. The Labute approximate surface area is 217 Å². The Morgan fingerprint density at radius 3 is 2.65 bits per heavy atom. The number of benzene rings is 3. The number of ketones is 1. The number of nitrogens with one attached hydrogen (secondary N) is 2. The highest BCUT2D eigenvalue weighted by Crippen LogP contribution is 2.40. The third-order valence-electron chi connectivity index (χ3n) is 7.94. The Hall–Kier alpha value is -3.68. The van der Waals surface area contributed by atoms with Crippen molar-refractivity contribution in [2.24, 2.45) is 17.8 Å². The molecule has 0 spiro atoms. The first-order valence-corrected chi connectivity index (χ1v) is 13.5. The van der Waals surface area contributed by atoms with E-state index in [-0.39, 0.29) is 17.5 Å². The maximum Gasteiger partial charge on any atom is 0.166 e. The van der Waals surface area contributed by atoms with Gasteiger partial charge in [-0.2, -0.15) is 0 Å². The second kappa shape index (κ2) is 9.01. The van der Waals surface area contributed by atoms with Crippen molar-refractivity contribution >= 4 is 49.6 Å². The number of nitrogens with zero attached hydrogens (tertiary/aromatic N) is 2. The molecule has 5 aromatic rings. The summed E-state index contributed by atoms with van der Waals surface area (Å²) in [6, 6.07) is 18.7. The molecule has 7 rings (SSSR count). The lowest BCUT2D eigenvalue weighted by Gasteiger charge is -2.13. The van der Waals surface area contributed by atoms with Crippen LogP contribution in [0, 0.1) is 23.6 Å². The van der Waals surface area contributed by atoms with Crippen molar-refractivity contribution in [3.05, 3.63) is 83.8 Å². The van der Waals surface area contributed by atoms with Gasteiger partial charge in [0.1, 0.15) is 5.82 Å². The quantitative estimate of drug-likeness (QED) is 0.255. The monoisotopic (exact) mass is 508 g/mol. The number of hydrogen-bond donors (Lipinski definition) is 2. The normalized spacial score (nSPS) is 20.9. The van der Waals surface area contributed by atoms with Crippen LogP contribution in [-0.2, 0) is 0 Å². The molecule has 1 aliphatic heterocycles. The van der Waals surface area contributed by atoms with E-state index in [0.29, 0.717) is 23.0 Å². The zero-order chi connectivity index (χ0) is 24.9. The third kappa shape index (κ3) is 4.08. The first-order chi connectivity index (χ1) is 18.1.